The third-order valence-corrected chi connectivity index (χ3v) is 2.14. The number of aromatic hydroxyl groups is 2. The highest BCUT2D eigenvalue weighted by Crippen LogP contribution is 2.31. The molecule has 0 amide bonds. The Labute approximate surface area is 94.6 Å². The molecule has 1 aromatic rings. The molecule has 5 heteroatoms. The van der Waals surface area contributed by atoms with E-state index in [-0.39, 0.29) is 17.5 Å². The summed E-state index contributed by atoms with van der Waals surface area (Å²) in [6, 6.07) is 4.30. The summed E-state index contributed by atoms with van der Waals surface area (Å²) in [7, 11) is 1.58. The molecule has 0 saturated carbocycles. The fourth-order valence-electron chi connectivity index (χ4n) is 1.35. The topological polar surface area (TPSA) is 71.0 Å². The molecule has 1 unspecified atom stereocenters. The molecule has 90 valence electrons. The second kappa shape index (κ2) is 6.32. The molecule has 0 aliphatic carbocycles. The van der Waals surface area contributed by atoms with Gasteiger partial charge < -0.3 is 14.9 Å². The fourth-order valence-corrected chi connectivity index (χ4v) is 1.35. The van der Waals surface area contributed by atoms with Gasteiger partial charge in [-0.1, -0.05) is 6.07 Å². The molecule has 1 aromatic carbocycles. The Morgan fingerprint density at radius 2 is 1.88 bits per heavy atom. The lowest BCUT2D eigenvalue weighted by atomic mass is 10.1. The maximum Gasteiger partial charge on any atom is 0.124 e. The number of hydrogen-bond acceptors (Lipinski definition) is 5. The molecule has 0 radical (unpaired) electrons. The standard InChI is InChI=1S/C11H17NO4/c1-8(12-16-7-6-15-2)11-9(13)4-3-5-10(11)14/h3-5,8,12-14H,6-7H2,1-2H3. The van der Waals surface area contributed by atoms with E-state index >= 15 is 0 Å². The maximum atomic E-state index is 9.58. The van der Waals surface area contributed by atoms with Crippen LogP contribution < -0.4 is 5.48 Å². The van der Waals surface area contributed by atoms with Crippen LogP contribution in [0.2, 0.25) is 0 Å². The van der Waals surface area contributed by atoms with Crippen LogP contribution in [0.4, 0.5) is 0 Å². The molecule has 3 N–H and O–H groups in total. The number of ether oxygens (including phenoxy) is 1. The van der Waals surface area contributed by atoms with Gasteiger partial charge in [-0.15, -0.1) is 0 Å². The summed E-state index contributed by atoms with van der Waals surface area (Å²) in [5, 5.41) is 19.2. The van der Waals surface area contributed by atoms with Crippen molar-refractivity contribution in [2.75, 3.05) is 20.3 Å². The molecule has 0 bridgehead atoms. The van der Waals surface area contributed by atoms with E-state index in [1.54, 1.807) is 20.1 Å². The molecule has 0 heterocycles. The largest absolute Gasteiger partial charge is 0.507 e. The minimum atomic E-state index is -0.307. The number of rotatable bonds is 6. The summed E-state index contributed by atoms with van der Waals surface area (Å²) in [6.07, 6.45) is 0. The van der Waals surface area contributed by atoms with Crippen LogP contribution >= 0.6 is 0 Å². The van der Waals surface area contributed by atoms with Crippen LogP contribution in [0.5, 0.6) is 11.5 Å². The zero-order valence-corrected chi connectivity index (χ0v) is 9.43. The molecular weight excluding hydrogens is 210 g/mol. The summed E-state index contributed by atoms with van der Waals surface area (Å²) >= 11 is 0. The van der Waals surface area contributed by atoms with Crippen LogP contribution in [0, 0.1) is 0 Å². The molecule has 0 aliphatic rings. The van der Waals surface area contributed by atoms with Gasteiger partial charge in [0.15, 0.2) is 0 Å². The van der Waals surface area contributed by atoms with Crippen molar-refractivity contribution < 1.29 is 19.8 Å². The molecular formula is C11H17NO4. The average Bonchev–Trinajstić information content (AvgIpc) is 2.24. The Morgan fingerprint density at radius 3 is 2.44 bits per heavy atom. The highest BCUT2D eigenvalue weighted by Gasteiger charge is 2.14. The molecule has 0 fully saturated rings. The third-order valence-electron chi connectivity index (χ3n) is 2.14. The summed E-state index contributed by atoms with van der Waals surface area (Å²) in [5.41, 5.74) is 3.13. The van der Waals surface area contributed by atoms with E-state index in [2.05, 4.69) is 5.48 Å². The summed E-state index contributed by atoms with van der Waals surface area (Å²) in [5.74, 6) is 0.0747. The van der Waals surface area contributed by atoms with Gasteiger partial charge in [-0.2, -0.15) is 5.48 Å². The Bertz CT molecular complexity index is 310. The van der Waals surface area contributed by atoms with Crippen LogP contribution in [0.15, 0.2) is 18.2 Å². The van der Waals surface area contributed by atoms with Gasteiger partial charge in [0.25, 0.3) is 0 Å². The number of nitrogens with one attached hydrogen (secondary N) is 1. The van der Waals surface area contributed by atoms with Crippen LogP contribution in [-0.4, -0.2) is 30.5 Å². The van der Waals surface area contributed by atoms with Gasteiger partial charge in [0.1, 0.15) is 11.5 Å². The van der Waals surface area contributed by atoms with Crippen molar-refractivity contribution in [1.82, 2.24) is 5.48 Å². The highest BCUT2D eigenvalue weighted by molar-refractivity contribution is 5.44. The van der Waals surface area contributed by atoms with Crippen molar-refractivity contribution in [2.24, 2.45) is 0 Å². The van der Waals surface area contributed by atoms with Gasteiger partial charge in [-0.3, -0.25) is 4.84 Å². The first-order chi connectivity index (χ1) is 7.66. The van der Waals surface area contributed by atoms with Gasteiger partial charge >= 0.3 is 0 Å². The highest BCUT2D eigenvalue weighted by atomic mass is 16.7. The Morgan fingerprint density at radius 1 is 1.25 bits per heavy atom. The van der Waals surface area contributed by atoms with E-state index in [0.717, 1.165) is 0 Å². The molecule has 5 nitrogen and oxygen atoms in total. The smallest absolute Gasteiger partial charge is 0.124 e. The molecule has 16 heavy (non-hydrogen) atoms. The second-order valence-electron chi connectivity index (χ2n) is 3.39. The molecule has 1 rings (SSSR count). The zero-order valence-electron chi connectivity index (χ0n) is 9.43. The quantitative estimate of drug-likeness (QED) is 0.505. The number of hydroxylamine groups is 1. The number of benzene rings is 1. The second-order valence-corrected chi connectivity index (χ2v) is 3.39. The lowest BCUT2D eigenvalue weighted by Crippen LogP contribution is -2.21. The predicted molar refractivity (Wildman–Crippen MR) is 59.2 cm³/mol. The Balaban J connectivity index is 2.55. The van der Waals surface area contributed by atoms with E-state index in [4.69, 9.17) is 9.57 Å². The third kappa shape index (κ3) is 3.37. The van der Waals surface area contributed by atoms with Gasteiger partial charge in [0.05, 0.1) is 24.8 Å². The molecule has 0 aliphatic heterocycles. The number of methoxy groups -OCH3 is 1. The SMILES string of the molecule is COCCONC(C)c1c(O)cccc1O. The minimum absolute atomic E-state index is 0.0374. The fraction of sp³-hybridized carbons (Fsp3) is 0.455. The average molecular weight is 227 g/mol. The Hall–Kier alpha value is -1.30. The predicted octanol–water partition coefficient (Wildman–Crippen LogP) is 1.33. The normalized spacial score (nSPS) is 12.6. The van der Waals surface area contributed by atoms with E-state index in [1.807, 2.05) is 0 Å². The maximum absolute atomic E-state index is 9.58. The number of phenols is 2. The van der Waals surface area contributed by atoms with Crippen molar-refractivity contribution in [3.63, 3.8) is 0 Å². The summed E-state index contributed by atoms with van der Waals surface area (Å²) in [6.45, 7) is 2.66. The zero-order chi connectivity index (χ0) is 12.0. The van der Waals surface area contributed by atoms with Crippen molar-refractivity contribution in [2.45, 2.75) is 13.0 Å². The minimum Gasteiger partial charge on any atom is -0.507 e. The van der Waals surface area contributed by atoms with Crippen molar-refractivity contribution in [1.29, 1.82) is 0 Å². The lowest BCUT2D eigenvalue weighted by molar-refractivity contribution is -0.00990. The summed E-state index contributed by atoms with van der Waals surface area (Å²) < 4.78 is 4.81. The number of hydrogen-bond donors (Lipinski definition) is 3. The van der Waals surface area contributed by atoms with Crippen molar-refractivity contribution in [3.8, 4) is 11.5 Å². The van der Waals surface area contributed by atoms with Crippen LogP contribution in [0.3, 0.4) is 0 Å². The van der Waals surface area contributed by atoms with Gasteiger partial charge in [-0.25, -0.2) is 0 Å². The van der Waals surface area contributed by atoms with E-state index in [1.165, 1.54) is 12.1 Å². The molecule has 0 saturated heterocycles. The van der Waals surface area contributed by atoms with E-state index in [9.17, 15) is 10.2 Å². The van der Waals surface area contributed by atoms with Crippen molar-refractivity contribution >= 4 is 0 Å². The first kappa shape index (κ1) is 12.8. The van der Waals surface area contributed by atoms with Gasteiger partial charge in [-0.05, 0) is 19.1 Å². The first-order valence-electron chi connectivity index (χ1n) is 5.04. The van der Waals surface area contributed by atoms with E-state index in [0.29, 0.717) is 18.8 Å². The van der Waals surface area contributed by atoms with Crippen LogP contribution in [0.1, 0.15) is 18.5 Å². The molecule has 1 atom stereocenters. The van der Waals surface area contributed by atoms with Gasteiger partial charge in [0, 0.05) is 7.11 Å². The van der Waals surface area contributed by atoms with Gasteiger partial charge in [0.2, 0.25) is 0 Å². The molecule has 0 spiro atoms. The van der Waals surface area contributed by atoms with E-state index < -0.39 is 0 Å². The molecule has 0 aromatic heterocycles. The monoisotopic (exact) mass is 227 g/mol. The Kier molecular flexibility index (Phi) is 5.04. The first-order valence-corrected chi connectivity index (χ1v) is 5.04. The summed E-state index contributed by atoms with van der Waals surface area (Å²) in [4.78, 5) is 5.10. The number of phenolic OH excluding ortho intramolecular Hbond substituents is 2. The lowest BCUT2D eigenvalue weighted by Gasteiger charge is -2.16. The van der Waals surface area contributed by atoms with Crippen LogP contribution in [-0.2, 0) is 9.57 Å². The van der Waals surface area contributed by atoms with Crippen molar-refractivity contribution in [3.05, 3.63) is 23.8 Å². The van der Waals surface area contributed by atoms with Crippen LogP contribution in [0.25, 0.3) is 0 Å².